The van der Waals surface area contributed by atoms with Gasteiger partial charge in [0.15, 0.2) is 0 Å². The zero-order valence-electron chi connectivity index (χ0n) is 18.0. The lowest BCUT2D eigenvalue weighted by Gasteiger charge is -2.42. The van der Waals surface area contributed by atoms with Crippen molar-refractivity contribution >= 4 is 11.7 Å². The molecule has 2 aliphatic rings. The van der Waals surface area contributed by atoms with Crippen LogP contribution in [0, 0.1) is 0 Å². The molecule has 1 fully saturated rings. The Labute approximate surface area is 179 Å². The van der Waals surface area contributed by atoms with Crippen LogP contribution < -0.4 is 10.2 Å². The van der Waals surface area contributed by atoms with Crippen molar-refractivity contribution in [2.24, 2.45) is 0 Å². The number of nitrogens with one attached hydrogen (secondary N) is 1. The van der Waals surface area contributed by atoms with Gasteiger partial charge in [0.25, 0.3) is 0 Å². The molecule has 0 aromatic heterocycles. The molecule has 2 N–H and O–H groups in total. The molecule has 0 atom stereocenters. The van der Waals surface area contributed by atoms with Gasteiger partial charge in [-0.2, -0.15) is 0 Å². The van der Waals surface area contributed by atoms with E-state index in [1.54, 1.807) is 12.1 Å². The number of aromatic hydroxyl groups is 1. The Bertz CT molecular complexity index is 890. The molecule has 30 heavy (non-hydrogen) atoms. The highest BCUT2D eigenvalue weighted by molar-refractivity contribution is 5.74. The van der Waals surface area contributed by atoms with Crippen LogP contribution in [0.1, 0.15) is 25.0 Å². The van der Waals surface area contributed by atoms with Crippen molar-refractivity contribution in [2.75, 3.05) is 44.2 Å². The lowest BCUT2D eigenvalue weighted by molar-refractivity contribution is 0.102. The number of hydrogen-bond donors (Lipinski definition) is 2. The molecule has 2 aromatic carbocycles. The quantitative estimate of drug-likeness (QED) is 0.816. The highest BCUT2D eigenvalue weighted by atomic mass is 16.3. The summed E-state index contributed by atoms with van der Waals surface area (Å²) in [6, 6.07) is 16.0. The molecule has 0 bridgehead atoms. The summed E-state index contributed by atoms with van der Waals surface area (Å²) >= 11 is 0. The standard InChI is InChI=1S/C24H32N4O2/c1-24(2,28-11-10-19-6-3-4-7-20(19)17-28)18-25-23(30)27-14-12-26(13-15-27)21-8-5-9-22(29)16-21/h3-9,16,29H,10-15,17-18H2,1-2H3,(H,25,30). The van der Waals surface area contributed by atoms with Crippen molar-refractivity contribution in [3.63, 3.8) is 0 Å². The van der Waals surface area contributed by atoms with Gasteiger partial charge in [-0.25, -0.2) is 4.79 Å². The molecule has 160 valence electrons. The lowest BCUT2D eigenvalue weighted by atomic mass is 9.94. The molecule has 6 nitrogen and oxygen atoms in total. The van der Waals surface area contributed by atoms with Crippen LogP contribution >= 0.6 is 0 Å². The average Bonchev–Trinajstić information content (AvgIpc) is 2.77. The SMILES string of the molecule is CC(C)(CNC(=O)N1CCN(c2cccc(O)c2)CC1)N1CCc2ccccc2C1. The van der Waals surface area contributed by atoms with E-state index < -0.39 is 0 Å². The first-order valence-corrected chi connectivity index (χ1v) is 10.8. The van der Waals surface area contributed by atoms with Crippen molar-refractivity contribution in [3.8, 4) is 5.75 Å². The maximum atomic E-state index is 12.8. The Morgan fingerprint density at radius 2 is 1.73 bits per heavy atom. The van der Waals surface area contributed by atoms with Gasteiger partial charge in [-0.05, 0) is 43.5 Å². The van der Waals surface area contributed by atoms with Crippen LogP contribution in [0.3, 0.4) is 0 Å². The predicted molar refractivity (Wildman–Crippen MR) is 120 cm³/mol. The Kier molecular flexibility index (Phi) is 5.86. The summed E-state index contributed by atoms with van der Waals surface area (Å²) in [7, 11) is 0. The van der Waals surface area contributed by atoms with E-state index in [4.69, 9.17) is 0 Å². The fourth-order valence-electron chi connectivity index (χ4n) is 4.39. The summed E-state index contributed by atoms with van der Waals surface area (Å²) in [6.45, 7) is 9.89. The summed E-state index contributed by atoms with van der Waals surface area (Å²) < 4.78 is 0. The van der Waals surface area contributed by atoms with E-state index in [0.29, 0.717) is 19.6 Å². The van der Waals surface area contributed by atoms with E-state index in [1.165, 1.54) is 11.1 Å². The van der Waals surface area contributed by atoms with Gasteiger partial charge in [-0.1, -0.05) is 30.3 Å². The molecular formula is C24H32N4O2. The molecule has 6 heteroatoms. The number of carbonyl (C=O) groups is 1. The first-order valence-electron chi connectivity index (χ1n) is 10.8. The second-order valence-electron chi connectivity index (χ2n) is 8.91. The fourth-order valence-corrected chi connectivity index (χ4v) is 4.39. The minimum atomic E-state index is -0.105. The topological polar surface area (TPSA) is 59.1 Å². The summed E-state index contributed by atoms with van der Waals surface area (Å²) in [4.78, 5) is 19.3. The van der Waals surface area contributed by atoms with Crippen molar-refractivity contribution in [3.05, 3.63) is 59.7 Å². The van der Waals surface area contributed by atoms with Crippen LogP contribution in [0.25, 0.3) is 0 Å². The maximum absolute atomic E-state index is 12.8. The number of nitrogens with zero attached hydrogens (tertiary/aromatic N) is 3. The highest BCUT2D eigenvalue weighted by Crippen LogP contribution is 2.25. The smallest absolute Gasteiger partial charge is 0.317 e. The monoisotopic (exact) mass is 408 g/mol. The fraction of sp³-hybridized carbons (Fsp3) is 0.458. The Morgan fingerprint density at radius 1 is 1.00 bits per heavy atom. The third kappa shape index (κ3) is 4.54. The van der Waals surface area contributed by atoms with Crippen molar-refractivity contribution in [1.82, 2.24) is 15.1 Å². The first kappa shape index (κ1) is 20.5. The van der Waals surface area contributed by atoms with E-state index in [-0.39, 0.29) is 17.3 Å². The molecule has 2 heterocycles. The van der Waals surface area contributed by atoms with E-state index >= 15 is 0 Å². The van der Waals surface area contributed by atoms with E-state index in [1.807, 2.05) is 17.0 Å². The zero-order valence-corrected chi connectivity index (χ0v) is 18.0. The molecule has 0 unspecified atom stereocenters. The van der Waals surface area contributed by atoms with E-state index in [2.05, 4.69) is 53.2 Å². The van der Waals surface area contributed by atoms with Gasteiger partial charge >= 0.3 is 6.03 Å². The van der Waals surface area contributed by atoms with Crippen LogP contribution in [0.5, 0.6) is 5.75 Å². The third-order valence-corrected chi connectivity index (χ3v) is 6.42. The number of hydrogen-bond acceptors (Lipinski definition) is 4. The number of benzene rings is 2. The van der Waals surface area contributed by atoms with Crippen LogP contribution in [0.2, 0.25) is 0 Å². The molecular weight excluding hydrogens is 376 g/mol. The first-order chi connectivity index (χ1) is 14.4. The number of carbonyl (C=O) groups excluding carboxylic acids is 1. The normalized spacial score (nSPS) is 17.5. The molecule has 0 spiro atoms. The highest BCUT2D eigenvalue weighted by Gasteiger charge is 2.31. The molecule has 0 radical (unpaired) electrons. The van der Waals surface area contributed by atoms with Crippen LogP contribution in [0.15, 0.2) is 48.5 Å². The maximum Gasteiger partial charge on any atom is 0.317 e. The van der Waals surface area contributed by atoms with Gasteiger partial charge < -0.3 is 20.2 Å². The predicted octanol–water partition coefficient (Wildman–Crippen LogP) is 3.06. The number of fused-ring (bicyclic) bond motifs is 1. The number of urea groups is 1. The average molecular weight is 409 g/mol. The number of piperazine rings is 1. The summed E-state index contributed by atoms with van der Waals surface area (Å²) in [5, 5.41) is 12.9. The summed E-state index contributed by atoms with van der Waals surface area (Å²) in [6.07, 6.45) is 1.06. The van der Waals surface area contributed by atoms with Gasteiger partial charge in [-0.3, -0.25) is 4.90 Å². The van der Waals surface area contributed by atoms with Crippen LogP contribution in [-0.2, 0) is 13.0 Å². The molecule has 4 rings (SSSR count). The minimum absolute atomic E-state index is 0.0102. The van der Waals surface area contributed by atoms with E-state index in [9.17, 15) is 9.90 Å². The minimum Gasteiger partial charge on any atom is -0.508 e. The Morgan fingerprint density at radius 3 is 2.47 bits per heavy atom. The molecule has 2 aromatic rings. The molecule has 1 saturated heterocycles. The second kappa shape index (κ2) is 8.56. The number of rotatable bonds is 4. The van der Waals surface area contributed by atoms with Crippen LogP contribution in [-0.4, -0.2) is 65.7 Å². The number of phenolic OH excluding ortho intramolecular Hbond substituents is 1. The summed E-state index contributed by atoms with van der Waals surface area (Å²) in [5.41, 5.74) is 3.73. The van der Waals surface area contributed by atoms with Crippen molar-refractivity contribution in [2.45, 2.75) is 32.4 Å². The zero-order chi connectivity index (χ0) is 21.1. The van der Waals surface area contributed by atoms with Gasteiger partial charge in [-0.15, -0.1) is 0 Å². The molecule has 2 aliphatic heterocycles. The Hall–Kier alpha value is -2.73. The van der Waals surface area contributed by atoms with Crippen LogP contribution in [0.4, 0.5) is 10.5 Å². The third-order valence-electron chi connectivity index (χ3n) is 6.42. The number of amides is 2. The second-order valence-corrected chi connectivity index (χ2v) is 8.91. The molecule has 2 amide bonds. The largest absolute Gasteiger partial charge is 0.508 e. The van der Waals surface area contributed by atoms with Gasteiger partial charge in [0, 0.05) is 63.1 Å². The van der Waals surface area contributed by atoms with E-state index in [0.717, 1.165) is 38.3 Å². The van der Waals surface area contributed by atoms with Crippen molar-refractivity contribution in [1.29, 1.82) is 0 Å². The molecule has 0 saturated carbocycles. The summed E-state index contributed by atoms with van der Waals surface area (Å²) in [5.74, 6) is 0.273. The Balaban J connectivity index is 1.27. The number of phenols is 1. The lowest BCUT2D eigenvalue weighted by Crippen LogP contribution is -2.57. The van der Waals surface area contributed by atoms with Crippen molar-refractivity contribution < 1.29 is 9.90 Å². The number of anilines is 1. The van der Waals surface area contributed by atoms with Gasteiger partial charge in [0.05, 0.1) is 0 Å². The van der Waals surface area contributed by atoms with Gasteiger partial charge in [0.1, 0.15) is 5.75 Å². The molecule has 0 aliphatic carbocycles. The van der Waals surface area contributed by atoms with Gasteiger partial charge in [0.2, 0.25) is 0 Å².